The molecule has 1 unspecified atom stereocenters. The molecule has 0 aliphatic carbocycles. The molecule has 1 fully saturated rings. The standard InChI is InChI=1S/C11H21BrOS/c1-2-3-10(8-12)9-14-11-4-6-13-7-5-11/h10-11H,2-9H2,1H3. The normalized spacial score (nSPS) is 21.0. The summed E-state index contributed by atoms with van der Waals surface area (Å²) in [5.74, 6) is 2.19. The maximum atomic E-state index is 5.36. The van der Waals surface area contributed by atoms with Crippen LogP contribution < -0.4 is 0 Å². The Labute approximate surface area is 100 Å². The minimum Gasteiger partial charge on any atom is -0.381 e. The van der Waals surface area contributed by atoms with Crippen LogP contribution in [0.5, 0.6) is 0 Å². The van der Waals surface area contributed by atoms with Crippen molar-refractivity contribution >= 4 is 27.7 Å². The van der Waals surface area contributed by atoms with Crippen molar-refractivity contribution in [2.24, 2.45) is 5.92 Å². The molecule has 0 amide bonds. The van der Waals surface area contributed by atoms with Gasteiger partial charge in [-0.15, -0.1) is 0 Å². The summed E-state index contributed by atoms with van der Waals surface area (Å²) in [5.41, 5.74) is 0. The lowest BCUT2D eigenvalue weighted by Crippen LogP contribution is -2.19. The molecular weight excluding hydrogens is 260 g/mol. The average molecular weight is 281 g/mol. The van der Waals surface area contributed by atoms with Crippen LogP contribution in [0.25, 0.3) is 0 Å². The molecular formula is C11H21BrOS. The van der Waals surface area contributed by atoms with Crippen LogP contribution in [0.15, 0.2) is 0 Å². The third kappa shape index (κ3) is 5.04. The van der Waals surface area contributed by atoms with Gasteiger partial charge >= 0.3 is 0 Å². The minimum absolute atomic E-state index is 0.863. The fraction of sp³-hybridized carbons (Fsp3) is 1.00. The Morgan fingerprint density at radius 2 is 2.14 bits per heavy atom. The van der Waals surface area contributed by atoms with Gasteiger partial charge in [-0.2, -0.15) is 11.8 Å². The van der Waals surface area contributed by atoms with E-state index in [4.69, 9.17) is 4.74 Å². The van der Waals surface area contributed by atoms with Gasteiger partial charge in [-0.25, -0.2) is 0 Å². The predicted octanol–water partition coefficient (Wildman–Crippen LogP) is 3.71. The largest absolute Gasteiger partial charge is 0.381 e. The molecule has 0 aromatic carbocycles. The van der Waals surface area contributed by atoms with E-state index in [9.17, 15) is 0 Å². The van der Waals surface area contributed by atoms with Gasteiger partial charge in [0.2, 0.25) is 0 Å². The van der Waals surface area contributed by atoms with Crippen molar-refractivity contribution in [3.05, 3.63) is 0 Å². The van der Waals surface area contributed by atoms with Crippen molar-refractivity contribution in [3.8, 4) is 0 Å². The molecule has 0 saturated carbocycles. The number of rotatable bonds is 6. The summed E-state index contributed by atoms with van der Waals surface area (Å²) in [7, 11) is 0. The van der Waals surface area contributed by atoms with Gasteiger partial charge in [0, 0.05) is 23.8 Å². The summed E-state index contributed by atoms with van der Waals surface area (Å²) in [5, 5.41) is 2.03. The fourth-order valence-electron chi connectivity index (χ4n) is 1.73. The first-order valence-corrected chi connectivity index (χ1v) is 7.79. The maximum Gasteiger partial charge on any atom is 0.0476 e. The van der Waals surface area contributed by atoms with Gasteiger partial charge in [-0.3, -0.25) is 0 Å². The monoisotopic (exact) mass is 280 g/mol. The number of hydrogen-bond acceptors (Lipinski definition) is 2. The Kier molecular flexibility index (Phi) is 7.35. The lowest BCUT2D eigenvalue weighted by atomic mass is 10.1. The van der Waals surface area contributed by atoms with Gasteiger partial charge in [0.05, 0.1) is 0 Å². The summed E-state index contributed by atoms with van der Waals surface area (Å²) < 4.78 is 5.36. The molecule has 3 heteroatoms. The Morgan fingerprint density at radius 1 is 1.43 bits per heavy atom. The third-order valence-electron chi connectivity index (χ3n) is 2.65. The summed E-state index contributed by atoms with van der Waals surface area (Å²) >= 11 is 5.76. The second-order valence-corrected chi connectivity index (χ2v) is 5.93. The van der Waals surface area contributed by atoms with E-state index >= 15 is 0 Å². The molecule has 0 aromatic heterocycles. The lowest BCUT2D eigenvalue weighted by molar-refractivity contribution is 0.1000. The van der Waals surface area contributed by atoms with Crippen LogP contribution in [0.2, 0.25) is 0 Å². The van der Waals surface area contributed by atoms with Crippen LogP contribution in [0, 0.1) is 5.92 Å². The molecule has 0 radical (unpaired) electrons. The highest BCUT2D eigenvalue weighted by Crippen LogP contribution is 2.26. The smallest absolute Gasteiger partial charge is 0.0476 e. The quantitative estimate of drug-likeness (QED) is 0.686. The van der Waals surface area contributed by atoms with E-state index in [0.717, 1.165) is 29.7 Å². The Morgan fingerprint density at radius 3 is 2.71 bits per heavy atom. The molecule has 1 saturated heterocycles. The lowest BCUT2D eigenvalue weighted by Gasteiger charge is -2.23. The van der Waals surface area contributed by atoms with Gasteiger partial charge in [0.15, 0.2) is 0 Å². The van der Waals surface area contributed by atoms with Gasteiger partial charge in [-0.05, 0) is 30.9 Å². The van der Waals surface area contributed by atoms with E-state index in [1.165, 1.54) is 31.4 Å². The Balaban J connectivity index is 2.10. The summed E-state index contributed by atoms with van der Waals surface area (Å²) in [6, 6.07) is 0. The van der Waals surface area contributed by atoms with Crippen molar-refractivity contribution in [3.63, 3.8) is 0 Å². The van der Waals surface area contributed by atoms with Gasteiger partial charge in [0.25, 0.3) is 0 Å². The number of hydrogen-bond donors (Lipinski definition) is 0. The summed E-state index contributed by atoms with van der Waals surface area (Å²) in [6.45, 7) is 4.23. The van der Waals surface area contributed by atoms with Crippen LogP contribution in [-0.2, 0) is 4.74 Å². The molecule has 0 bridgehead atoms. The fourth-order valence-corrected chi connectivity index (χ4v) is 3.94. The van der Waals surface area contributed by atoms with Gasteiger partial charge in [0.1, 0.15) is 0 Å². The van der Waals surface area contributed by atoms with E-state index in [1.54, 1.807) is 0 Å². The van der Waals surface area contributed by atoms with E-state index in [0.29, 0.717) is 0 Å². The summed E-state index contributed by atoms with van der Waals surface area (Å²) in [4.78, 5) is 0. The van der Waals surface area contributed by atoms with Crippen LogP contribution >= 0.6 is 27.7 Å². The second kappa shape index (κ2) is 8.00. The number of thioether (sulfide) groups is 1. The highest BCUT2D eigenvalue weighted by Gasteiger charge is 2.16. The van der Waals surface area contributed by atoms with Crippen molar-refractivity contribution < 1.29 is 4.74 Å². The van der Waals surface area contributed by atoms with Crippen LogP contribution in [0.1, 0.15) is 32.6 Å². The Bertz CT molecular complexity index is 132. The molecule has 1 aliphatic rings. The van der Waals surface area contributed by atoms with Crippen LogP contribution in [-0.4, -0.2) is 29.5 Å². The molecule has 1 heterocycles. The Hall–Kier alpha value is 0.790. The zero-order valence-corrected chi connectivity index (χ0v) is 11.4. The van der Waals surface area contributed by atoms with E-state index in [1.807, 2.05) is 0 Å². The number of alkyl halides is 1. The topological polar surface area (TPSA) is 9.23 Å². The number of ether oxygens (including phenoxy) is 1. The zero-order valence-electron chi connectivity index (χ0n) is 9.01. The van der Waals surface area contributed by atoms with E-state index < -0.39 is 0 Å². The van der Waals surface area contributed by atoms with Gasteiger partial charge < -0.3 is 4.74 Å². The zero-order chi connectivity index (χ0) is 10.2. The molecule has 0 spiro atoms. The number of halogens is 1. The second-order valence-electron chi connectivity index (χ2n) is 3.95. The summed E-state index contributed by atoms with van der Waals surface area (Å²) in [6.07, 6.45) is 5.18. The molecule has 14 heavy (non-hydrogen) atoms. The third-order valence-corrected chi connectivity index (χ3v) is 5.17. The van der Waals surface area contributed by atoms with Crippen molar-refractivity contribution in [1.29, 1.82) is 0 Å². The molecule has 1 aliphatic heterocycles. The van der Waals surface area contributed by atoms with Crippen molar-refractivity contribution in [2.45, 2.75) is 37.9 Å². The van der Waals surface area contributed by atoms with Crippen molar-refractivity contribution in [1.82, 2.24) is 0 Å². The van der Waals surface area contributed by atoms with Gasteiger partial charge in [-0.1, -0.05) is 29.3 Å². The van der Waals surface area contributed by atoms with E-state index in [2.05, 4.69) is 34.6 Å². The van der Waals surface area contributed by atoms with Crippen LogP contribution in [0.3, 0.4) is 0 Å². The highest BCUT2D eigenvalue weighted by atomic mass is 79.9. The first-order valence-electron chi connectivity index (χ1n) is 5.62. The van der Waals surface area contributed by atoms with Crippen molar-refractivity contribution in [2.75, 3.05) is 24.3 Å². The van der Waals surface area contributed by atoms with Crippen LogP contribution in [0.4, 0.5) is 0 Å². The average Bonchev–Trinajstić information content (AvgIpc) is 2.25. The minimum atomic E-state index is 0.863. The molecule has 1 nitrogen and oxygen atoms in total. The molecule has 0 aromatic rings. The molecule has 84 valence electrons. The van der Waals surface area contributed by atoms with E-state index in [-0.39, 0.29) is 0 Å². The first kappa shape index (κ1) is 12.9. The molecule has 1 atom stereocenters. The highest BCUT2D eigenvalue weighted by molar-refractivity contribution is 9.09. The predicted molar refractivity (Wildman–Crippen MR) is 68.5 cm³/mol. The molecule has 1 rings (SSSR count). The molecule has 0 N–H and O–H groups in total. The SMILES string of the molecule is CCCC(CBr)CSC1CCOCC1. The first-order chi connectivity index (χ1) is 6.86. The maximum absolute atomic E-state index is 5.36.